The second-order valence-electron chi connectivity index (χ2n) is 4.33. The summed E-state index contributed by atoms with van der Waals surface area (Å²) in [5, 5.41) is 9.17. The Morgan fingerprint density at radius 3 is 2.55 bits per heavy atom. The van der Waals surface area contributed by atoms with Gasteiger partial charge >= 0.3 is 18.1 Å². The van der Waals surface area contributed by atoms with Gasteiger partial charge in [0, 0.05) is 11.0 Å². The quantitative estimate of drug-likeness (QED) is 0.845. The number of halogens is 4. The molecule has 8 heteroatoms. The van der Waals surface area contributed by atoms with Gasteiger partial charge in [0.05, 0.1) is 0 Å². The summed E-state index contributed by atoms with van der Waals surface area (Å²) < 4.78 is 38.3. The third kappa shape index (κ3) is 2.65. The average Bonchev–Trinajstić information content (AvgIpc) is 2.34. The number of benzene rings is 1. The maximum Gasteiger partial charge on any atom is 0.471 e. The molecule has 20 heavy (non-hydrogen) atoms. The van der Waals surface area contributed by atoms with Gasteiger partial charge in [-0.15, -0.1) is 0 Å². The van der Waals surface area contributed by atoms with Gasteiger partial charge in [-0.2, -0.15) is 13.2 Å². The summed E-state index contributed by atoms with van der Waals surface area (Å²) in [5.74, 6) is -3.61. The van der Waals surface area contributed by atoms with Crippen molar-refractivity contribution in [3.05, 3.63) is 33.8 Å². The maximum atomic E-state index is 12.5. The van der Waals surface area contributed by atoms with Crippen molar-refractivity contribution in [2.45, 2.75) is 18.6 Å². The number of carbonyl (C=O) groups is 2. The van der Waals surface area contributed by atoms with Crippen molar-refractivity contribution < 1.29 is 27.9 Å². The Morgan fingerprint density at radius 2 is 2.00 bits per heavy atom. The number of alkyl halides is 3. The van der Waals surface area contributed by atoms with Crippen molar-refractivity contribution in [3.8, 4) is 0 Å². The SMILES string of the molecule is O=C(O)C1c2ccc(Br)cc2CCN1C(=O)C(F)(F)F. The number of aliphatic carboxylic acids is 1. The molecule has 0 aromatic heterocycles. The predicted molar refractivity (Wildman–Crippen MR) is 66.0 cm³/mol. The molecule has 0 saturated heterocycles. The number of carboxylic acids is 1. The predicted octanol–water partition coefficient (Wildman–Crippen LogP) is 2.52. The van der Waals surface area contributed by atoms with Crippen molar-refractivity contribution in [2.75, 3.05) is 6.54 Å². The molecule has 2 rings (SSSR count). The minimum Gasteiger partial charge on any atom is -0.479 e. The van der Waals surface area contributed by atoms with E-state index in [4.69, 9.17) is 5.11 Å². The first-order valence-corrected chi connectivity index (χ1v) is 6.40. The van der Waals surface area contributed by atoms with Crippen LogP contribution in [-0.4, -0.2) is 34.6 Å². The minimum atomic E-state index is -5.08. The molecule has 0 aliphatic carbocycles. The standard InChI is InChI=1S/C12H9BrF3NO3/c13-7-1-2-8-6(5-7)3-4-17(9(8)10(18)19)11(20)12(14,15)16/h1-2,5,9H,3-4H2,(H,18,19). The van der Waals surface area contributed by atoms with Gasteiger partial charge in [-0.05, 0) is 29.7 Å². The number of amides is 1. The fourth-order valence-electron chi connectivity index (χ4n) is 2.24. The van der Waals surface area contributed by atoms with E-state index in [1.807, 2.05) is 0 Å². The number of hydrogen-bond donors (Lipinski definition) is 1. The molecule has 1 aromatic rings. The molecule has 1 amide bonds. The maximum absolute atomic E-state index is 12.5. The molecule has 1 aromatic carbocycles. The molecule has 1 aliphatic heterocycles. The van der Waals surface area contributed by atoms with Crippen molar-refractivity contribution in [1.29, 1.82) is 0 Å². The van der Waals surface area contributed by atoms with Crippen LogP contribution >= 0.6 is 15.9 Å². The monoisotopic (exact) mass is 351 g/mol. The molecular weight excluding hydrogens is 343 g/mol. The first-order valence-electron chi connectivity index (χ1n) is 5.60. The number of carboxylic acid groups (broad SMARTS) is 1. The fraction of sp³-hybridized carbons (Fsp3) is 0.333. The third-order valence-corrected chi connectivity index (χ3v) is 3.56. The highest BCUT2D eigenvalue weighted by Gasteiger charge is 2.48. The zero-order valence-corrected chi connectivity index (χ0v) is 11.5. The summed E-state index contributed by atoms with van der Waals surface area (Å²) in [4.78, 5) is 23.0. The van der Waals surface area contributed by atoms with Gasteiger partial charge in [-0.3, -0.25) is 4.79 Å². The molecule has 0 saturated carbocycles. The highest BCUT2D eigenvalue weighted by Crippen LogP contribution is 2.34. The number of nitrogens with zero attached hydrogens (tertiary/aromatic N) is 1. The highest BCUT2D eigenvalue weighted by molar-refractivity contribution is 9.10. The normalized spacial score (nSPS) is 18.6. The average molecular weight is 352 g/mol. The van der Waals surface area contributed by atoms with E-state index in [2.05, 4.69) is 15.9 Å². The molecule has 1 unspecified atom stereocenters. The van der Waals surface area contributed by atoms with Crippen LogP contribution in [0.15, 0.2) is 22.7 Å². The molecule has 1 heterocycles. The zero-order chi connectivity index (χ0) is 15.1. The molecule has 1 aliphatic rings. The van der Waals surface area contributed by atoms with E-state index in [1.165, 1.54) is 12.1 Å². The van der Waals surface area contributed by atoms with E-state index in [-0.39, 0.29) is 18.5 Å². The van der Waals surface area contributed by atoms with E-state index in [0.29, 0.717) is 14.9 Å². The van der Waals surface area contributed by atoms with Crippen LogP contribution in [0.4, 0.5) is 13.2 Å². The Kier molecular flexibility index (Phi) is 3.77. The van der Waals surface area contributed by atoms with Crippen molar-refractivity contribution >= 4 is 27.8 Å². The summed E-state index contributed by atoms with van der Waals surface area (Å²) in [6.45, 7) is -0.279. The lowest BCUT2D eigenvalue weighted by Gasteiger charge is -2.35. The van der Waals surface area contributed by atoms with E-state index >= 15 is 0 Å². The molecular formula is C12H9BrF3NO3. The number of rotatable bonds is 1. The Balaban J connectivity index is 2.46. The fourth-order valence-corrected chi connectivity index (χ4v) is 2.65. The van der Waals surface area contributed by atoms with Crippen LogP contribution in [0.5, 0.6) is 0 Å². The van der Waals surface area contributed by atoms with Crippen LogP contribution in [0.3, 0.4) is 0 Å². The summed E-state index contributed by atoms with van der Waals surface area (Å²) >= 11 is 3.22. The second kappa shape index (κ2) is 5.08. The molecule has 0 spiro atoms. The van der Waals surface area contributed by atoms with Crippen LogP contribution in [0.2, 0.25) is 0 Å². The Labute approximate surface area is 120 Å². The molecule has 108 valence electrons. The smallest absolute Gasteiger partial charge is 0.471 e. The van der Waals surface area contributed by atoms with Crippen LogP contribution in [0, 0.1) is 0 Å². The Hall–Kier alpha value is -1.57. The van der Waals surface area contributed by atoms with Crippen LogP contribution in [-0.2, 0) is 16.0 Å². The third-order valence-electron chi connectivity index (χ3n) is 3.07. The van der Waals surface area contributed by atoms with E-state index in [1.54, 1.807) is 6.07 Å². The summed E-state index contributed by atoms with van der Waals surface area (Å²) in [6, 6.07) is 3.01. The second-order valence-corrected chi connectivity index (χ2v) is 5.25. The van der Waals surface area contributed by atoms with Gasteiger partial charge in [0.25, 0.3) is 0 Å². The largest absolute Gasteiger partial charge is 0.479 e. The van der Waals surface area contributed by atoms with Crippen LogP contribution in [0.25, 0.3) is 0 Å². The van der Waals surface area contributed by atoms with Gasteiger partial charge in [-0.25, -0.2) is 4.79 Å². The Morgan fingerprint density at radius 1 is 1.35 bits per heavy atom. The Bertz CT molecular complexity index is 574. The van der Waals surface area contributed by atoms with E-state index in [0.717, 1.165) is 0 Å². The lowest BCUT2D eigenvalue weighted by Crippen LogP contribution is -2.48. The van der Waals surface area contributed by atoms with Gasteiger partial charge < -0.3 is 10.0 Å². The van der Waals surface area contributed by atoms with Crippen LogP contribution in [0.1, 0.15) is 17.2 Å². The van der Waals surface area contributed by atoms with E-state index < -0.39 is 24.1 Å². The van der Waals surface area contributed by atoms with Crippen molar-refractivity contribution in [1.82, 2.24) is 4.90 Å². The lowest BCUT2D eigenvalue weighted by molar-refractivity contribution is -0.190. The zero-order valence-electron chi connectivity index (χ0n) is 9.95. The van der Waals surface area contributed by atoms with Gasteiger partial charge in [0.1, 0.15) is 0 Å². The summed E-state index contributed by atoms with van der Waals surface area (Å²) in [5.41, 5.74) is 0.836. The molecule has 1 N–H and O–H groups in total. The van der Waals surface area contributed by atoms with Crippen LogP contribution < -0.4 is 0 Å². The first-order chi connectivity index (χ1) is 9.21. The number of carbonyl (C=O) groups excluding carboxylic acids is 1. The van der Waals surface area contributed by atoms with Gasteiger partial charge in [0.2, 0.25) is 0 Å². The minimum absolute atomic E-state index is 0.181. The van der Waals surface area contributed by atoms with Gasteiger partial charge in [-0.1, -0.05) is 22.0 Å². The van der Waals surface area contributed by atoms with E-state index in [9.17, 15) is 22.8 Å². The topological polar surface area (TPSA) is 57.6 Å². The number of fused-ring (bicyclic) bond motifs is 1. The summed E-state index contributed by atoms with van der Waals surface area (Å²) in [6.07, 6.45) is -4.90. The molecule has 0 radical (unpaired) electrons. The molecule has 4 nitrogen and oxygen atoms in total. The van der Waals surface area contributed by atoms with Crippen molar-refractivity contribution in [2.24, 2.45) is 0 Å². The highest BCUT2D eigenvalue weighted by atomic mass is 79.9. The van der Waals surface area contributed by atoms with Gasteiger partial charge in [0.15, 0.2) is 6.04 Å². The lowest BCUT2D eigenvalue weighted by atomic mass is 9.92. The molecule has 0 bridgehead atoms. The van der Waals surface area contributed by atoms with Crippen molar-refractivity contribution in [3.63, 3.8) is 0 Å². The molecule has 0 fully saturated rings. The number of hydrogen-bond acceptors (Lipinski definition) is 2. The summed E-state index contributed by atoms with van der Waals surface area (Å²) in [7, 11) is 0. The first kappa shape index (κ1) is 14.8. The molecule has 1 atom stereocenters.